The first-order valence-corrected chi connectivity index (χ1v) is 11.9. The zero-order chi connectivity index (χ0) is 22.3. The van der Waals surface area contributed by atoms with E-state index in [9.17, 15) is 9.59 Å². The van der Waals surface area contributed by atoms with Gasteiger partial charge in [0, 0.05) is 38.9 Å². The molecule has 0 saturated heterocycles. The number of nitrogens with zero attached hydrogens (tertiary/aromatic N) is 1. The van der Waals surface area contributed by atoms with Gasteiger partial charge in [0.15, 0.2) is 0 Å². The Bertz CT molecular complexity index is 911. The number of hydrogen-bond acceptors (Lipinski definition) is 3. The third-order valence-electron chi connectivity index (χ3n) is 4.37. The molecule has 1 N–H and O–H groups in total. The second-order valence-corrected chi connectivity index (χ2v) is 9.23. The standard InChI is InChI=1S/C21H22Cl4N2O2S/c1-3-26-21(29)13(2)27(10-14-4-6-16(22)8-18(14)24)20(28)12-30-11-15-5-7-17(23)9-19(15)25/h4-9,13H,3,10-12H2,1-2H3,(H,26,29). The zero-order valence-electron chi connectivity index (χ0n) is 16.6. The van der Waals surface area contributed by atoms with Gasteiger partial charge in [-0.2, -0.15) is 0 Å². The fourth-order valence-electron chi connectivity index (χ4n) is 2.71. The van der Waals surface area contributed by atoms with Gasteiger partial charge in [0.1, 0.15) is 6.04 Å². The van der Waals surface area contributed by atoms with Crippen molar-refractivity contribution in [3.8, 4) is 0 Å². The van der Waals surface area contributed by atoms with E-state index in [-0.39, 0.29) is 24.1 Å². The fraction of sp³-hybridized carbons (Fsp3) is 0.333. The highest BCUT2D eigenvalue weighted by Gasteiger charge is 2.26. The van der Waals surface area contributed by atoms with E-state index in [1.54, 1.807) is 37.3 Å². The van der Waals surface area contributed by atoms with Crippen LogP contribution in [0.15, 0.2) is 36.4 Å². The van der Waals surface area contributed by atoms with Crippen LogP contribution in [-0.4, -0.2) is 35.1 Å². The molecule has 2 aromatic rings. The summed E-state index contributed by atoms with van der Waals surface area (Å²) < 4.78 is 0. The van der Waals surface area contributed by atoms with Crippen molar-refractivity contribution in [1.29, 1.82) is 0 Å². The molecule has 4 nitrogen and oxygen atoms in total. The lowest BCUT2D eigenvalue weighted by atomic mass is 10.1. The average Bonchev–Trinajstić information content (AvgIpc) is 2.68. The summed E-state index contributed by atoms with van der Waals surface area (Å²) in [5.74, 6) is 0.345. The lowest BCUT2D eigenvalue weighted by Gasteiger charge is -2.29. The van der Waals surface area contributed by atoms with Gasteiger partial charge in [-0.25, -0.2) is 0 Å². The Morgan fingerprint density at radius 2 is 1.57 bits per heavy atom. The van der Waals surface area contributed by atoms with Crippen molar-refractivity contribution >= 4 is 70.0 Å². The third-order valence-corrected chi connectivity index (χ3v) is 6.51. The van der Waals surface area contributed by atoms with Crippen molar-refractivity contribution in [2.75, 3.05) is 12.3 Å². The largest absolute Gasteiger partial charge is 0.355 e. The summed E-state index contributed by atoms with van der Waals surface area (Å²) in [6.45, 7) is 4.22. The number of carbonyl (C=O) groups excluding carboxylic acids is 2. The van der Waals surface area contributed by atoms with Gasteiger partial charge in [-0.3, -0.25) is 9.59 Å². The topological polar surface area (TPSA) is 49.4 Å². The Morgan fingerprint density at radius 1 is 1.00 bits per heavy atom. The molecule has 0 bridgehead atoms. The monoisotopic (exact) mass is 506 g/mol. The molecule has 0 spiro atoms. The van der Waals surface area contributed by atoms with Crippen LogP contribution in [0.5, 0.6) is 0 Å². The molecule has 1 unspecified atom stereocenters. The van der Waals surface area contributed by atoms with Crippen molar-refractivity contribution in [3.05, 3.63) is 67.6 Å². The first kappa shape index (κ1) is 25.2. The molecule has 0 aliphatic heterocycles. The summed E-state index contributed by atoms with van der Waals surface area (Å²) >= 11 is 25.8. The molecule has 0 radical (unpaired) electrons. The van der Waals surface area contributed by atoms with Crippen molar-refractivity contribution in [2.24, 2.45) is 0 Å². The van der Waals surface area contributed by atoms with Crippen LogP contribution >= 0.6 is 58.2 Å². The average molecular weight is 508 g/mol. The molecule has 0 saturated carbocycles. The minimum Gasteiger partial charge on any atom is -0.355 e. The molecular formula is C21H22Cl4N2O2S. The van der Waals surface area contributed by atoms with Gasteiger partial charge in [-0.05, 0) is 49.2 Å². The van der Waals surface area contributed by atoms with Crippen LogP contribution < -0.4 is 5.32 Å². The van der Waals surface area contributed by atoms with Crippen molar-refractivity contribution < 1.29 is 9.59 Å². The molecule has 2 amide bonds. The van der Waals surface area contributed by atoms with Crippen LogP contribution in [0.25, 0.3) is 0 Å². The number of thioether (sulfide) groups is 1. The van der Waals surface area contributed by atoms with E-state index in [1.807, 2.05) is 13.0 Å². The summed E-state index contributed by atoms with van der Waals surface area (Å²) in [7, 11) is 0. The quantitative estimate of drug-likeness (QED) is 0.447. The number of hydrogen-bond donors (Lipinski definition) is 1. The summed E-state index contributed by atoms with van der Waals surface area (Å²) in [4.78, 5) is 26.9. The van der Waals surface area contributed by atoms with Crippen LogP contribution in [0.1, 0.15) is 25.0 Å². The van der Waals surface area contributed by atoms with E-state index in [1.165, 1.54) is 16.7 Å². The number of halogens is 4. The molecule has 9 heteroatoms. The van der Waals surface area contributed by atoms with Crippen molar-refractivity contribution in [3.63, 3.8) is 0 Å². The SMILES string of the molecule is CCNC(=O)C(C)N(Cc1ccc(Cl)cc1Cl)C(=O)CSCc1ccc(Cl)cc1Cl. The van der Waals surface area contributed by atoms with Crippen LogP contribution in [-0.2, 0) is 21.9 Å². The Kier molecular flexibility index (Phi) is 10.1. The molecule has 0 fully saturated rings. The zero-order valence-corrected chi connectivity index (χ0v) is 20.4. The molecule has 2 rings (SSSR count). The molecule has 30 heavy (non-hydrogen) atoms. The van der Waals surface area contributed by atoms with Crippen LogP contribution in [0.2, 0.25) is 20.1 Å². The molecule has 2 aromatic carbocycles. The number of carbonyl (C=O) groups is 2. The van der Waals surface area contributed by atoms with Gasteiger partial charge in [-0.15, -0.1) is 11.8 Å². The molecule has 0 aliphatic carbocycles. The number of nitrogens with one attached hydrogen (secondary N) is 1. The second-order valence-electron chi connectivity index (χ2n) is 6.56. The molecule has 0 aliphatic rings. The van der Waals surface area contributed by atoms with Crippen LogP contribution in [0.4, 0.5) is 0 Å². The predicted octanol–water partition coefficient (Wildman–Crippen LogP) is 6.09. The summed E-state index contributed by atoms with van der Waals surface area (Å²) in [6, 6.07) is 9.71. The highest BCUT2D eigenvalue weighted by Crippen LogP contribution is 2.26. The van der Waals surface area contributed by atoms with Gasteiger partial charge in [0.25, 0.3) is 0 Å². The van der Waals surface area contributed by atoms with Crippen LogP contribution in [0.3, 0.4) is 0 Å². The molecule has 1 atom stereocenters. The van der Waals surface area contributed by atoms with Gasteiger partial charge in [0.2, 0.25) is 11.8 Å². The Morgan fingerprint density at radius 3 is 2.10 bits per heavy atom. The first-order chi connectivity index (χ1) is 14.2. The van der Waals surface area contributed by atoms with Gasteiger partial charge < -0.3 is 10.2 Å². The summed E-state index contributed by atoms with van der Waals surface area (Å²) in [5.41, 5.74) is 1.61. The highest BCUT2D eigenvalue weighted by atomic mass is 35.5. The number of amides is 2. The molecule has 0 aromatic heterocycles. The van der Waals surface area contributed by atoms with E-state index in [2.05, 4.69) is 5.32 Å². The third kappa shape index (κ3) is 7.24. The van der Waals surface area contributed by atoms with Gasteiger partial charge in [0.05, 0.1) is 5.75 Å². The minimum atomic E-state index is -0.649. The molecule has 162 valence electrons. The number of rotatable bonds is 9. The molecular weight excluding hydrogens is 486 g/mol. The lowest BCUT2D eigenvalue weighted by Crippen LogP contribution is -2.48. The van der Waals surface area contributed by atoms with E-state index >= 15 is 0 Å². The first-order valence-electron chi connectivity index (χ1n) is 9.25. The smallest absolute Gasteiger partial charge is 0.242 e. The Hall–Kier alpha value is -1.11. The Labute approximate surface area is 201 Å². The van der Waals surface area contributed by atoms with E-state index < -0.39 is 6.04 Å². The fourth-order valence-corrected chi connectivity index (χ4v) is 4.64. The highest BCUT2D eigenvalue weighted by molar-refractivity contribution is 7.99. The number of likely N-dealkylation sites (N-methyl/N-ethyl adjacent to an activating group) is 1. The predicted molar refractivity (Wildman–Crippen MR) is 128 cm³/mol. The van der Waals surface area contributed by atoms with Gasteiger partial charge >= 0.3 is 0 Å². The van der Waals surface area contributed by atoms with Crippen molar-refractivity contribution in [1.82, 2.24) is 10.2 Å². The van der Waals surface area contributed by atoms with Crippen LogP contribution in [0, 0.1) is 0 Å². The van der Waals surface area contributed by atoms with E-state index in [0.29, 0.717) is 32.4 Å². The maximum Gasteiger partial charge on any atom is 0.242 e. The van der Waals surface area contributed by atoms with Crippen molar-refractivity contribution in [2.45, 2.75) is 32.2 Å². The normalized spacial score (nSPS) is 11.8. The second kappa shape index (κ2) is 12.1. The lowest BCUT2D eigenvalue weighted by molar-refractivity contribution is -0.138. The maximum atomic E-state index is 13.0. The Balaban J connectivity index is 2.11. The maximum absolute atomic E-state index is 13.0. The van der Waals surface area contributed by atoms with E-state index in [4.69, 9.17) is 46.4 Å². The van der Waals surface area contributed by atoms with Gasteiger partial charge in [-0.1, -0.05) is 58.5 Å². The number of benzene rings is 2. The summed E-state index contributed by atoms with van der Waals surface area (Å²) in [5, 5.41) is 4.84. The minimum absolute atomic E-state index is 0.171. The van der Waals surface area contributed by atoms with E-state index in [0.717, 1.165) is 11.1 Å². The summed E-state index contributed by atoms with van der Waals surface area (Å²) in [6.07, 6.45) is 0. The molecule has 0 heterocycles.